The molecule has 0 saturated carbocycles. The average molecular weight is 411 g/mol. The molecule has 0 aliphatic heterocycles. The molecule has 1 aromatic rings. The van der Waals surface area contributed by atoms with Gasteiger partial charge >= 0.3 is 0 Å². The van der Waals surface area contributed by atoms with Gasteiger partial charge in [-0.15, -0.1) is 0 Å². The van der Waals surface area contributed by atoms with Crippen LogP contribution in [0.1, 0.15) is 50.4 Å². The van der Waals surface area contributed by atoms with Crippen molar-refractivity contribution in [2.24, 2.45) is 5.92 Å². The number of hydrogen-bond donors (Lipinski definition) is 4. The molecule has 1 aliphatic carbocycles. The van der Waals surface area contributed by atoms with Crippen molar-refractivity contribution in [1.29, 1.82) is 0 Å². The molecule has 2 atom stereocenters. The fraction of sp³-hybridized carbons (Fsp3) is 0.320. The van der Waals surface area contributed by atoms with E-state index >= 15 is 0 Å². The first-order valence-electron chi connectivity index (χ1n) is 9.97. The molecule has 5 heteroatoms. The lowest BCUT2D eigenvalue weighted by Crippen LogP contribution is -2.40. The summed E-state index contributed by atoms with van der Waals surface area (Å²) in [4.78, 5) is 12.4. The van der Waals surface area contributed by atoms with Crippen LogP contribution in [-0.4, -0.2) is 31.8 Å². The lowest BCUT2D eigenvalue weighted by molar-refractivity contribution is 0.00606. The molecule has 1 aliphatic rings. The fourth-order valence-electron chi connectivity index (χ4n) is 3.20. The van der Waals surface area contributed by atoms with E-state index in [0.29, 0.717) is 5.56 Å². The van der Waals surface area contributed by atoms with Gasteiger partial charge in [0, 0.05) is 17.9 Å². The molecular weight excluding hydrogens is 380 g/mol. The first-order valence-corrected chi connectivity index (χ1v) is 9.97. The summed E-state index contributed by atoms with van der Waals surface area (Å²) in [5.74, 6) is -1.82. The molecule has 5 nitrogen and oxygen atoms in total. The van der Waals surface area contributed by atoms with Gasteiger partial charge in [-0.2, -0.15) is 0 Å². The first kappa shape index (κ1) is 23.2. The molecule has 0 fully saturated rings. The Morgan fingerprint density at radius 2 is 1.73 bits per heavy atom. The van der Waals surface area contributed by atoms with Gasteiger partial charge < -0.3 is 20.4 Å². The minimum absolute atomic E-state index is 0.0670. The van der Waals surface area contributed by atoms with Gasteiger partial charge in [-0.3, -0.25) is 4.79 Å². The summed E-state index contributed by atoms with van der Waals surface area (Å²) in [7, 11) is 0. The molecule has 2 rings (SSSR count). The van der Waals surface area contributed by atoms with Crippen LogP contribution in [0.15, 0.2) is 83.4 Å². The first-order chi connectivity index (χ1) is 14.1. The Hall–Kier alpha value is -3.05. The number of phenols is 1. The number of carbonyl (C=O) groups excluding carboxylic acids is 1. The van der Waals surface area contributed by atoms with Crippen molar-refractivity contribution < 1.29 is 25.2 Å². The highest BCUT2D eigenvalue weighted by atomic mass is 16.4. The Bertz CT molecular complexity index is 911. The van der Waals surface area contributed by atoms with Crippen molar-refractivity contribution in [2.45, 2.75) is 45.6 Å². The zero-order valence-corrected chi connectivity index (χ0v) is 17.7. The van der Waals surface area contributed by atoms with Crippen molar-refractivity contribution in [3.63, 3.8) is 0 Å². The maximum Gasteiger partial charge on any atom is 0.185 e. The van der Waals surface area contributed by atoms with Gasteiger partial charge in [0.25, 0.3) is 0 Å². The number of rotatable bonds is 8. The van der Waals surface area contributed by atoms with Crippen LogP contribution in [0.4, 0.5) is 0 Å². The Labute approximate surface area is 177 Å². The Kier molecular flexibility index (Phi) is 7.84. The zero-order valence-electron chi connectivity index (χ0n) is 17.7. The summed E-state index contributed by atoms with van der Waals surface area (Å²) in [5.41, 5.74) is 0.950. The highest BCUT2D eigenvalue weighted by Gasteiger charge is 2.41. The maximum absolute atomic E-state index is 12.4. The third-order valence-electron chi connectivity index (χ3n) is 5.13. The van der Waals surface area contributed by atoms with Crippen LogP contribution in [0.2, 0.25) is 0 Å². The molecule has 0 radical (unpaired) electrons. The lowest BCUT2D eigenvalue weighted by atomic mass is 9.78. The quantitative estimate of drug-likeness (QED) is 0.259. The zero-order chi connectivity index (χ0) is 22.3. The SMILES string of the molecule is CC(C)=CCC/C(C)=C/CC1(O)C(O)=C(O)C=CC1C=CC(=O)c1ccc(O)cc1. The minimum atomic E-state index is -1.75. The highest BCUT2D eigenvalue weighted by Crippen LogP contribution is 2.36. The molecule has 30 heavy (non-hydrogen) atoms. The molecular formula is C25H30O5. The number of benzene rings is 1. The number of carbonyl (C=O) groups is 1. The van der Waals surface area contributed by atoms with E-state index in [0.717, 1.165) is 18.4 Å². The summed E-state index contributed by atoms with van der Waals surface area (Å²) in [6.07, 6.45) is 11.5. The highest BCUT2D eigenvalue weighted by molar-refractivity contribution is 6.04. The summed E-state index contributed by atoms with van der Waals surface area (Å²) in [6.45, 7) is 6.04. The van der Waals surface area contributed by atoms with E-state index in [4.69, 9.17) is 0 Å². The summed E-state index contributed by atoms with van der Waals surface area (Å²) in [5, 5.41) is 40.8. The van der Waals surface area contributed by atoms with Gasteiger partial charge in [0.05, 0.1) is 0 Å². The molecule has 0 amide bonds. The van der Waals surface area contributed by atoms with E-state index in [2.05, 4.69) is 6.08 Å². The van der Waals surface area contributed by atoms with Gasteiger partial charge in [0.1, 0.15) is 11.4 Å². The number of aromatic hydroxyl groups is 1. The van der Waals surface area contributed by atoms with E-state index < -0.39 is 17.3 Å². The molecule has 160 valence electrons. The van der Waals surface area contributed by atoms with Gasteiger partial charge in [0.2, 0.25) is 0 Å². The second-order valence-corrected chi connectivity index (χ2v) is 7.89. The summed E-state index contributed by atoms with van der Waals surface area (Å²) >= 11 is 0. The smallest absolute Gasteiger partial charge is 0.185 e. The number of ketones is 1. The fourth-order valence-corrected chi connectivity index (χ4v) is 3.20. The van der Waals surface area contributed by atoms with Crippen LogP contribution >= 0.6 is 0 Å². The molecule has 2 unspecified atom stereocenters. The van der Waals surface area contributed by atoms with Crippen LogP contribution in [-0.2, 0) is 0 Å². The topological polar surface area (TPSA) is 98.0 Å². The molecule has 1 aromatic carbocycles. The summed E-state index contributed by atoms with van der Waals surface area (Å²) < 4.78 is 0. The monoisotopic (exact) mass is 410 g/mol. The van der Waals surface area contributed by atoms with Gasteiger partial charge in [-0.1, -0.05) is 35.5 Å². The van der Waals surface area contributed by atoms with Crippen LogP contribution in [0.3, 0.4) is 0 Å². The third-order valence-corrected chi connectivity index (χ3v) is 5.13. The number of phenolic OH excluding ortho intramolecular Hbond substituents is 1. The normalized spacial score (nSPS) is 21.9. The van der Waals surface area contributed by atoms with Crippen molar-refractivity contribution in [3.8, 4) is 5.75 Å². The molecule has 0 aromatic heterocycles. The van der Waals surface area contributed by atoms with Crippen molar-refractivity contribution in [1.82, 2.24) is 0 Å². The number of aliphatic hydroxyl groups is 3. The predicted molar refractivity (Wildman–Crippen MR) is 118 cm³/mol. The van der Waals surface area contributed by atoms with Gasteiger partial charge in [-0.25, -0.2) is 0 Å². The molecule has 0 saturated heterocycles. The largest absolute Gasteiger partial charge is 0.508 e. The van der Waals surface area contributed by atoms with E-state index in [1.165, 1.54) is 48.1 Å². The van der Waals surface area contributed by atoms with E-state index in [1.807, 2.05) is 26.8 Å². The van der Waals surface area contributed by atoms with Crippen molar-refractivity contribution in [3.05, 3.63) is 88.9 Å². The predicted octanol–water partition coefficient (Wildman–Crippen LogP) is 5.46. The van der Waals surface area contributed by atoms with Gasteiger partial charge in [0.15, 0.2) is 17.3 Å². The van der Waals surface area contributed by atoms with E-state index in [-0.39, 0.29) is 23.7 Å². The molecule has 0 bridgehead atoms. The number of aliphatic hydroxyl groups excluding tert-OH is 2. The molecule has 0 heterocycles. The molecule has 0 spiro atoms. The van der Waals surface area contributed by atoms with Crippen molar-refractivity contribution >= 4 is 5.78 Å². The minimum Gasteiger partial charge on any atom is -0.508 e. The second-order valence-electron chi connectivity index (χ2n) is 7.89. The standard InChI is InChI=1S/C25H30O5/c1-17(2)5-4-6-18(3)15-16-25(30)20(10-14-23(28)24(25)29)9-13-22(27)19-7-11-21(26)12-8-19/h5,7-15,20,26,28-30H,4,6,16H2,1-3H3/b13-9?,18-15+. The maximum atomic E-state index is 12.4. The number of allylic oxidation sites excluding steroid dienone is 5. The van der Waals surface area contributed by atoms with Gasteiger partial charge in [-0.05, 0) is 70.0 Å². The third kappa shape index (κ3) is 5.97. The van der Waals surface area contributed by atoms with E-state index in [9.17, 15) is 25.2 Å². The number of hydrogen-bond acceptors (Lipinski definition) is 5. The molecule has 4 N–H and O–H groups in total. The Morgan fingerprint density at radius 3 is 2.37 bits per heavy atom. The average Bonchev–Trinajstić information content (AvgIpc) is 2.70. The van der Waals surface area contributed by atoms with Crippen LogP contribution in [0.25, 0.3) is 0 Å². The van der Waals surface area contributed by atoms with Crippen LogP contribution < -0.4 is 0 Å². The van der Waals surface area contributed by atoms with Crippen molar-refractivity contribution in [2.75, 3.05) is 0 Å². The Morgan fingerprint density at radius 1 is 1.07 bits per heavy atom. The second kappa shape index (κ2) is 10.1. The van der Waals surface area contributed by atoms with Crippen LogP contribution in [0, 0.1) is 5.92 Å². The van der Waals surface area contributed by atoms with E-state index in [1.54, 1.807) is 6.08 Å². The lowest BCUT2D eigenvalue weighted by Gasteiger charge is -2.34. The Balaban J connectivity index is 2.18. The summed E-state index contributed by atoms with van der Waals surface area (Å²) in [6, 6.07) is 5.86. The van der Waals surface area contributed by atoms with Crippen LogP contribution in [0.5, 0.6) is 5.75 Å².